The van der Waals surface area contributed by atoms with Crippen molar-refractivity contribution in [3.63, 3.8) is 0 Å². The maximum absolute atomic E-state index is 14.4. The molecule has 0 radical (unpaired) electrons. The fraction of sp³-hybridized carbons (Fsp3) is 0.400. The average Bonchev–Trinajstić information content (AvgIpc) is 2.75. The average molecular weight is 439 g/mol. The highest BCUT2D eigenvalue weighted by Gasteiger charge is 2.45. The highest BCUT2D eigenvalue weighted by Crippen LogP contribution is 2.35. The monoisotopic (exact) mass is 438 g/mol. The van der Waals surface area contributed by atoms with Crippen LogP contribution in [0.15, 0.2) is 53.5 Å². The molecule has 3 rings (SSSR count). The molecule has 7 heteroatoms. The molecule has 2 aromatic rings. The molecule has 1 heterocycles. The molecule has 3 N–H and O–H groups in total. The second-order valence-corrected chi connectivity index (χ2v) is 8.95. The lowest BCUT2D eigenvalue weighted by Crippen LogP contribution is -2.56. The lowest BCUT2D eigenvalue weighted by Gasteiger charge is -2.42. The van der Waals surface area contributed by atoms with Crippen LogP contribution in [0.5, 0.6) is 0 Å². The number of amides is 2. The van der Waals surface area contributed by atoms with Crippen molar-refractivity contribution in [3.8, 4) is 0 Å². The van der Waals surface area contributed by atoms with E-state index in [1.165, 1.54) is 17.0 Å². The molecule has 32 heavy (non-hydrogen) atoms. The van der Waals surface area contributed by atoms with E-state index in [1.54, 1.807) is 6.07 Å². The molecule has 0 saturated heterocycles. The van der Waals surface area contributed by atoms with Crippen LogP contribution in [0.3, 0.4) is 0 Å². The molecule has 170 valence electrons. The standard InChI is InChI=1S/C25H31FN4O2/c1-15(2)25(5)16(3)23(32)30(24(27)29-25)14-18-11-20(13-21(26)12-18)22(31)28-17(4)19-9-7-6-8-10-19/h6-13,15-17H,14H2,1-5H3,(H2,27,29)(H,28,31)/t16-,17-,25+/m0/s1. The van der Waals surface area contributed by atoms with Crippen molar-refractivity contribution in [2.45, 2.75) is 52.7 Å². The molecule has 0 unspecified atom stereocenters. The number of carbonyl (C=O) groups excluding carboxylic acids is 2. The Kier molecular flexibility index (Phi) is 6.67. The summed E-state index contributed by atoms with van der Waals surface area (Å²) < 4.78 is 14.4. The number of halogens is 1. The Hall–Kier alpha value is -3.22. The number of carbonyl (C=O) groups is 2. The number of benzene rings is 2. The van der Waals surface area contributed by atoms with Gasteiger partial charge in [-0.2, -0.15) is 0 Å². The van der Waals surface area contributed by atoms with Gasteiger partial charge >= 0.3 is 0 Å². The zero-order valence-corrected chi connectivity index (χ0v) is 19.2. The number of hydrogen-bond donors (Lipinski definition) is 2. The second-order valence-electron chi connectivity index (χ2n) is 8.95. The number of rotatable bonds is 6. The Morgan fingerprint density at radius 2 is 1.88 bits per heavy atom. The summed E-state index contributed by atoms with van der Waals surface area (Å²) in [5.41, 5.74) is 7.14. The fourth-order valence-corrected chi connectivity index (χ4v) is 3.95. The Labute approximate surface area is 188 Å². The van der Waals surface area contributed by atoms with Crippen molar-refractivity contribution < 1.29 is 14.0 Å². The molecule has 3 atom stereocenters. The van der Waals surface area contributed by atoms with Gasteiger partial charge in [0.2, 0.25) is 5.91 Å². The molecule has 0 bridgehead atoms. The van der Waals surface area contributed by atoms with Gasteiger partial charge in [0.25, 0.3) is 5.91 Å². The van der Waals surface area contributed by atoms with Gasteiger partial charge in [-0.3, -0.25) is 14.5 Å². The first-order valence-electron chi connectivity index (χ1n) is 10.8. The van der Waals surface area contributed by atoms with Crippen LogP contribution in [0.4, 0.5) is 4.39 Å². The summed E-state index contributed by atoms with van der Waals surface area (Å²) in [6, 6.07) is 13.3. The van der Waals surface area contributed by atoms with Crippen molar-refractivity contribution >= 4 is 17.8 Å². The van der Waals surface area contributed by atoms with E-state index in [0.717, 1.165) is 5.56 Å². The first-order valence-corrected chi connectivity index (χ1v) is 10.8. The normalized spacial score (nSPS) is 22.0. The minimum absolute atomic E-state index is 0.0406. The van der Waals surface area contributed by atoms with Gasteiger partial charge in [0.15, 0.2) is 5.96 Å². The molecule has 6 nitrogen and oxygen atoms in total. The van der Waals surface area contributed by atoms with Crippen molar-refractivity contribution in [1.82, 2.24) is 10.2 Å². The first kappa shape index (κ1) is 23.4. The lowest BCUT2D eigenvalue weighted by atomic mass is 9.76. The predicted octanol–water partition coefficient (Wildman–Crippen LogP) is 4.02. The van der Waals surface area contributed by atoms with Crippen molar-refractivity contribution in [3.05, 3.63) is 71.0 Å². The molecular formula is C25H31FN4O2. The summed E-state index contributed by atoms with van der Waals surface area (Å²) >= 11 is 0. The van der Waals surface area contributed by atoms with Crippen LogP contribution in [0.1, 0.15) is 62.1 Å². The van der Waals surface area contributed by atoms with Gasteiger partial charge in [-0.05, 0) is 49.1 Å². The molecule has 0 aliphatic carbocycles. The molecule has 0 aromatic heterocycles. The highest BCUT2D eigenvalue weighted by molar-refractivity contribution is 6.00. The van der Waals surface area contributed by atoms with Crippen molar-refractivity contribution in [2.75, 3.05) is 0 Å². The fourth-order valence-electron chi connectivity index (χ4n) is 3.95. The molecule has 2 aromatic carbocycles. The summed E-state index contributed by atoms with van der Waals surface area (Å²) in [7, 11) is 0. The molecular weight excluding hydrogens is 407 g/mol. The van der Waals surface area contributed by atoms with Crippen LogP contribution in [0.2, 0.25) is 0 Å². The summed E-state index contributed by atoms with van der Waals surface area (Å²) in [6.07, 6.45) is 0. The number of nitrogens with one attached hydrogen (secondary N) is 1. The van der Waals surface area contributed by atoms with Gasteiger partial charge in [-0.1, -0.05) is 51.1 Å². The van der Waals surface area contributed by atoms with Crippen LogP contribution >= 0.6 is 0 Å². The van der Waals surface area contributed by atoms with E-state index < -0.39 is 17.3 Å². The topological polar surface area (TPSA) is 87.8 Å². The molecule has 0 spiro atoms. The highest BCUT2D eigenvalue weighted by atomic mass is 19.1. The van der Waals surface area contributed by atoms with Gasteiger partial charge in [0.05, 0.1) is 24.0 Å². The Morgan fingerprint density at radius 1 is 1.22 bits per heavy atom. The predicted molar refractivity (Wildman–Crippen MR) is 123 cm³/mol. The summed E-state index contributed by atoms with van der Waals surface area (Å²) in [4.78, 5) is 31.8. The zero-order valence-electron chi connectivity index (χ0n) is 19.2. The molecule has 0 saturated carbocycles. The number of nitrogens with two attached hydrogens (primary N) is 1. The Morgan fingerprint density at radius 3 is 2.50 bits per heavy atom. The van der Waals surface area contributed by atoms with Gasteiger partial charge in [-0.25, -0.2) is 9.38 Å². The first-order chi connectivity index (χ1) is 15.0. The third kappa shape index (κ3) is 4.66. The van der Waals surface area contributed by atoms with E-state index in [1.807, 2.05) is 65.0 Å². The molecule has 2 amide bonds. The minimum atomic E-state index is -0.599. The quantitative estimate of drug-likeness (QED) is 0.714. The van der Waals surface area contributed by atoms with Crippen molar-refractivity contribution in [2.24, 2.45) is 22.6 Å². The molecule has 0 fully saturated rings. The van der Waals surface area contributed by atoms with Gasteiger partial charge in [0.1, 0.15) is 5.82 Å². The second kappa shape index (κ2) is 9.10. The smallest absolute Gasteiger partial charge is 0.251 e. The summed E-state index contributed by atoms with van der Waals surface area (Å²) in [6.45, 7) is 9.67. The van der Waals surface area contributed by atoms with Gasteiger partial charge in [-0.15, -0.1) is 0 Å². The summed E-state index contributed by atoms with van der Waals surface area (Å²) in [5, 5.41) is 2.88. The van der Waals surface area contributed by atoms with Crippen LogP contribution in [0, 0.1) is 17.7 Å². The van der Waals surface area contributed by atoms with Crippen LogP contribution in [0.25, 0.3) is 0 Å². The summed E-state index contributed by atoms with van der Waals surface area (Å²) in [5.74, 6) is -1.26. The van der Waals surface area contributed by atoms with Crippen LogP contribution < -0.4 is 11.1 Å². The van der Waals surface area contributed by atoms with E-state index in [9.17, 15) is 14.0 Å². The maximum atomic E-state index is 14.4. The molecule has 1 aliphatic rings. The minimum Gasteiger partial charge on any atom is -0.369 e. The number of aliphatic imine (C=N–C) groups is 1. The van der Waals surface area contributed by atoms with Crippen LogP contribution in [-0.4, -0.2) is 28.2 Å². The van der Waals surface area contributed by atoms with E-state index >= 15 is 0 Å². The number of guanidine groups is 1. The number of nitrogens with zero attached hydrogens (tertiary/aromatic N) is 2. The Balaban J connectivity index is 1.82. The van der Waals surface area contributed by atoms with Crippen LogP contribution in [-0.2, 0) is 11.3 Å². The van der Waals surface area contributed by atoms with Crippen molar-refractivity contribution in [1.29, 1.82) is 0 Å². The maximum Gasteiger partial charge on any atom is 0.251 e. The molecule has 1 aliphatic heterocycles. The largest absolute Gasteiger partial charge is 0.369 e. The van der Waals surface area contributed by atoms with Gasteiger partial charge < -0.3 is 11.1 Å². The number of hydrogen-bond acceptors (Lipinski definition) is 4. The van der Waals surface area contributed by atoms with E-state index in [-0.39, 0.29) is 41.9 Å². The Bertz CT molecular complexity index is 1040. The third-order valence-electron chi connectivity index (χ3n) is 6.52. The zero-order chi connectivity index (χ0) is 23.6. The van der Waals surface area contributed by atoms with E-state index in [2.05, 4.69) is 10.3 Å². The lowest BCUT2D eigenvalue weighted by molar-refractivity contribution is -0.135. The van der Waals surface area contributed by atoms with E-state index in [4.69, 9.17) is 5.73 Å². The van der Waals surface area contributed by atoms with E-state index in [0.29, 0.717) is 5.56 Å². The van der Waals surface area contributed by atoms with Gasteiger partial charge in [0, 0.05) is 5.56 Å². The third-order valence-corrected chi connectivity index (χ3v) is 6.52. The SMILES string of the molecule is CC(C)[C@@]1(C)N=C(N)N(Cc2cc(F)cc(C(=O)N[C@@H](C)c3ccccc3)c2)C(=O)[C@@H]1C.